The Hall–Kier alpha value is -1.80. The van der Waals surface area contributed by atoms with Gasteiger partial charge in [0, 0.05) is 13.0 Å². The number of ether oxygens (including phenoxy) is 1. The summed E-state index contributed by atoms with van der Waals surface area (Å²) in [5.41, 5.74) is -0.260. The SMILES string of the molecule is COCCc1nc(CNC2(c3noc(C(C)C)n3)CCCC2)no1. The number of methoxy groups -OCH3 is 1. The molecular weight excluding hydrogens is 310 g/mol. The van der Waals surface area contributed by atoms with Gasteiger partial charge in [-0.3, -0.25) is 5.32 Å². The molecule has 8 nitrogen and oxygen atoms in total. The molecule has 2 heterocycles. The van der Waals surface area contributed by atoms with Crippen LogP contribution in [-0.4, -0.2) is 34.0 Å². The van der Waals surface area contributed by atoms with E-state index in [1.165, 1.54) is 0 Å². The van der Waals surface area contributed by atoms with Crippen molar-refractivity contribution < 1.29 is 13.8 Å². The molecule has 0 unspecified atom stereocenters. The van der Waals surface area contributed by atoms with Crippen LogP contribution in [0.1, 0.15) is 68.9 Å². The molecule has 0 bridgehead atoms. The molecule has 8 heteroatoms. The third-order valence-electron chi connectivity index (χ3n) is 4.44. The summed E-state index contributed by atoms with van der Waals surface area (Å²) in [4.78, 5) is 8.98. The zero-order valence-corrected chi connectivity index (χ0v) is 14.5. The smallest absolute Gasteiger partial charge is 0.229 e. The first kappa shape index (κ1) is 17.0. The Kier molecular flexibility index (Phi) is 5.25. The van der Waals surface area contributed by atoms with Crippen molar-refractivity contribution in [3.05, 3.63) is 23.4 Å². The Morgan fingerprint density at radius 1 is 1.17 bits per heavy atom. The predicted octanol–water partition coefficient (Wildman–Crippen LogP) is 2.32. The Morgan fingerprint density at radius 3 is 2.62 bits per heavy atom. The highest BCUT2D eigenvalue weighted by Gasteiger charge is 2.40. The third kappa shape index (κ3) is 3.64. The van der Waals surface area contributed by atoms with E-state index in [4.69, 9.17) is 13.8 Å². The fraction of sp³-hybridized carbons (Fsp3) is 0.750. The maximum absolute atomic E-state index is 5.40. The molecule has 0 amide bonds. The molecule has 0 atom stereocenters. The number of hydrogen-bond acceptors (Lipinski definition) is 8. The van der Waals surface area contributed by atoms with Crippen molar-refractivity contribution in [2.24, 2.45) is 0 Å². The van der Waals surface area contributed by atoms with Gasteiger partial charge in [-0.05, 0) is 12.8 Å². The highest BCUT2D eigenvalue weighted by molar-refractivity contribution is 5.09. The Labute approximate surface area is 141 Å². The molecule has 1 aliphatic carbocycles. The van der Waals surface area contributed by atoms with Crippen LogP contribution < -0.4 is 5.32 Å². The van der Waals surface area contributed by atoms with Gasteiger partial charge in [0.05, 0.1) is 25.1 Å². The van der Waals surface area contributed by atoms with Crippen LogP contribution in [-0.2, 0) is 23.2 Å². The van der Waals surface area contributed by atoms with Crippen LogP contribution in [0.25, 0.3) is 0 Å². The van der Waals surface area contributed by atoms with Crippen molar-refractivity contribution in [2.75, 3.05) is 13.7 Å². The summed E-state index contributed by atoms with van der Waals surface area (Å²) in [7, 11) is 1.65. The molecule has 1 saturated carbocycles. The number of nitrogens with zero attached hydrogens (tertiary/aromatic N) is 4. The molecule has 24 heavy (non-hydrogen) atoms. The number of hydrogen-bond donors (Lipinski definition) is 1. The first-order chi connectivity index (χ1) is 11.6. The maximum Gasteiger partial charge on any atom is 0.229 e. The summed E-state index contributed by atoms with van der Waals surface area (Å²) in [6.07, 6.45) is 4.88. The van der Waals surface area contributed by atoms with Gasteiger partial charge in [-0.25, -0.2) is 0 Å². The van der Waals surface area contributed by atoms with Crippen molar-refractivity contribution in [2.45, 2.75) is 64.0 Å². The number of aromatic nitrogens is 4. The Morgan fingerprint density at radius 2 is 1.96 bits per heavy atom. The minimum Gasteiger partial charge on any atom is -0.384 e. The molecule has 1 fully saturated rings. The number of nitrogens with one attached hydrogen (secondary N) is 1. The molecule has 2 aromatic rings. The Balaban J connectivity index is 1.68. The summed E-state index contributed by atoms with van der Waals surface area (Å²) >= 11 is 0. The van der Waals surface area contributed by atoms with E-state index in [0.29, 0.717) is 37.2 Å². The lowest BCUT2D eigenvalue weighted by atomic mass is 9.96. The minimum absolute atomic E-state index is 0.227. The van der Waals surface area contributed by atoms with Crippen molar-refractivity contribution in [1.29, 1.82) is 0 Å². The summed E-state index contributed by atoms with van der Waals surface area (Å²) in [6.45, 7) is 5.18. The van der Waals surface area contributed by atoms with E-state index in [-0.39, 0.29) is 11.5 Å². The average molecular weight is 335 g/mol. The molecule has 0 aromatic carbocycles. The zero-order valence-electron chi connectivity index (χ0n) is 14.5. The molecular formula is C16H25N5O3. The van der Waals surface area contributed by atoms with Crippen molar-refractivity contribution in [1.82, 2.24) is 25.6 Å². The van der Waals surface area contributed by atoms with Crippen molar-refractivity contribution in [3.8, 4) is 0 Å². The van der Waals surface area contributed by atoms with E-state index in [2.05, 4.69) is 25.6 Å². The van der Waals surface area contributed by atoms with Gasteiger partial charge in [-0.15, -0.1) is 0 Å². The van der Waals surface area contributed by atoms with Crippen molar-refractivity contribution in [3.63, 3.8) is 0 Å². The predicted molar refractivity (Wildman–Crippen MR) is 85.3 cm³/mol. The molecule has 0 spiro atoms. The molecule has 132 valence electrons. The first-order valence-electron chi connectivity index (χ1n) is 8.52. The molecule has 3 rings (SSSR count). The van der Waals surface area contributed by atoms with Crippen LogP contribution in [0.2, 0.25) is 0 Å². The van der Waals surface area contributed by atoms with E-state index < -0.39 is 0 Å². The lowest BCUT2D eigenvalue weighted by molar-refractivity contribution is 0.192. The van der Waals surface area contributed by atoms with Crippen LogP contribution in [0.3, 0.4) is 0 Å². The standard InChI is InChI=1S/C16H25N5O3/c1-11(2)14-19-15(21-24-14)16(7-4-5-8-16)17-10-12-18-13(23-20-12)6-9-22-3/h11,17H,4-10H2,1-3H3. The van der Waals surface area contributed by atoms with Gasteiger partial charge in [0.15, 0.2) is 11.6 Å². The van der Waals surface area contributed by atoms with Crippen LogP contribution in [0.4, 0.5) is 0 Å². The van der Waals surface area contributed by atoms with Gasteiger partial charge in [0.25, 0.3) is 0 Å². The average Bonchev–Trinajstić information content (AvgIpc) is 3.30. The molecule has 0 aliphatic heterocycles. The fourth-order valence-corrected chi connectivity index (χ4v) is 3.02. The molecule has 0 saturated heterocycles. The quantitative estimate of drug-likeness (QED) is 0.784. The van der Waals surface area contributed by atoms with Crippen LogP contribution in [0.15, 0.2) is 9.05 Å². The highest BCUT2D eigenvalue weighted by Crippen LogP contribution is 2.37. The van der Waals surface area contributed by atoms with Gasteiger partial charge < -0.3 is 13.8 Å². The van der Waals surface area contributed by atoms with E-state index in [9.17, 15) is 0 Å². The first-order valence-corrected chi connectivity index (χ1v) is 8.52. The summed E-state index contributed by atoms with van der Waals surface area (Å²) in [6, 6.07) is 0. The lowest BCUT2D eigenvalue weighted by Crippen LogP contribution is -2.40. The molecule has 2 aromatic heterocycles. The number of rotatable bonds is 8. The largest absolute Gasteiger partial charge is 0.384 e. The monoisotopic (exact) mass is 335 g/mol. The maximum atomic E-state index is 5.40. The third-order valence-corrected chi connectivity index (χ3v) is 4.44. The zero-order chi connectivity index (χ0) is 17.0. The van der Waals surface area contributed by atoms with Gasteiger partial charge in [0.2, 0.25) is 11.8 Å². The van der Waals surface area contributed by atoms with E-state index in [1.807, 2.05) is 13.8 Å². The molecule has 1 N–H and O–H groups in total. The normalized spacial score (nSPS) is 17.0. The minimum atomic E-state index is -0.260. The summed E-state index contributed by atoms with van der Waals surface area (Å²) < 4.78 is 15.6. The van der Waals surface area contributed by atoms with Crippen LogP contribution in [0.5, 0.6) is 0 Å². The molecule has 0 radical (unpaired) electrons. The van der Waals surface area contributed by atoms with E-state index in [0.717, 1.165) is 31.5 Å². The van der Waals surface area contributed by atoms with Gasteiger partial charge in [0.1, 0.15) is 0 Å². The van der Waals surface area contributed by atoms with E-state index >= 15 is 0 Å². The van der Waals surface area contributed by atoms with Crippen LogP contribution in [0, 0.1) is 0 Å². The van der Waals surface area contributed by atoms with E-state index in [1.54, 1.807) is 7.11 Å². The second-order valence-corrected chi connectivity index (χ2v) is 6.60. The van der Waals surface area contributed by atoms with Crippen LogP contribution >= 0.6 is 0 Å². The Bertz CT molecular complexity index is 646. The summed E-state index contributed by atoms with van der Waals surface area (Å²) in [5.74, 6) is 2.88. The second-order valence-electron chi connectivity index (χ2n) is 6.60. The summed E-state index contributed by atoms with van der Waals surface area (Å²) in [5, 5.41) is 11.8. The van der Waals surface area contributed by atoms with Gasteiger partial charge in [-0.1, -0.05) is 37.0 Å². The highest BCUT2D eigenvalue weighted by atomic mass is 16.5. The van der Waals surface area contributed by atoms with Crippen molar-refractivity contribution >= 4 is 0 Å². The fourth-order valence-electron chi connectivity index (χ4n) is 3.02. The molecule has 1 aliphatic rings. The van der Waals surface area contributed by atoms with Gasteiger partial charge >= 0.3 is 0 Å². The topological polar surface area (TPSA) is 99.1 Å². The van der Waals surface area contributed by atoms with Gasteiger partial charge in [-0.2, -0.15) is 9.97 Å². The lowest BCUT2D eigenvalue weighted by Gasteiger charge is -2.26. The second kappa shape index (κ2) is 7.40.